The average Bonchev–Trinajstić information content (AvgIpc) is 2.82. The molecule has 2 unspecified atom stereocenters. The number of hydrogen-bond donors (Lipinski definition) is 2. The first kappa shape index (κ1) is 15.3. The maximum atomic E-state index is 13.4. The second-order valence-corrected chi connectivity index (χ2v) is 6.78. The van der Waals surface area contributed by atoms with Crippen LogP contribution in [0.3, 0.4) is 0 Å². The molecular weight excluding hydrogens is 279 g/mol. The summed E-state index contributed by atoms with van der Waals surface area (Å²) in [7, 11) is 0. The minimum Gasteiger partial charge on any atom is -0.338 e. The number of urea groups is 1. The smallest absolute Gasteiger partial charge is 0.315 e. The molecule has 0 aromatic heterocycles. The SMILES string of the molecule is C[C@H]1c2ccccc2C[C@H]1NC(=O)NCC1CCCC(F)C1. The van der Waals surface area contributed by atoms with E-state index in [2.05, 4.69) is 29.7 Å². The van der Waals surface area contributed by atoms with E-state index in [9.17, 15) is 9.18 Å². The van der Waals surface area contributed by atoms with Crippen LogP contribution in [0.2, 0.25) is 0 Å². The monoisotopic (exact) mass is 304 g/mol. The van der Waals surface area contributed by atoms with Crippen LogP contribution in [0.1, 0.15) is 49.7 Å². The second kappa shape index (κ2) is 6.67. The number of fused-ring (bicyclic) bond motifs is 1. The number of nitrogens with one attached hydrogen (secondary N) is 2. The van der Waals surface area contributed by atoms with Crippen LogP contribution >= 0.6 is 0 Å². The Labute approximate surface area is 131 Å². The van der Waals surface area contributed by atoms with E-state index in [4.69, 9.17) is 0 Å². The highest BCUT2D eigenvalue weighted by Gasteiger charge is 2.30. The second-order valence-electron chi connectivity index (χ2n) is 6.78. The van der Waals surface area contributed by atoms with Crippen molar-refractivity contribution < 1.29 is 9.18 Å². The minimum atomic E-state index is -0.687. The van der Waals surface area contributed by atoms with Crippen LogP contribution in [-0.2, 0) is 6.42 Å². The summed E-state index contributed by atoms with van der Waals surface area (Å²) in [6, 6.07) is 8.40. The summed E-state index contributed by atoms with van der Waals surface area (Å²) in [5.41, 5.74) is 2.66. The zero-order valence-electron chi connectivity index (χ0n) is 13.1. The molecule has 0 spiro atoms. The Morgan fingerprint density at radius 2 is 2.14 bits per heavy atom. The Hall–Kier alpha value is -1.58. The van der Waals surface area contributed by atoms with Crippen LogP contribution in [0.5, 0.6) is 0 Å². The Morgan fingerprint density at radius 3 is 2.91 bits per heavy atom. The largest absolute Gasteiger partial charge is 0.338 e. The summed E-state index contributed by atoms with van der Waals surface area (Å²) in [5, 5.41) is 6.01. The first-order chi connectivity index (χ1) is 10.6. The third kappa shape index (κ3) is 3.42. The van der Waals surface area contributed by atoms with E-state index in [1.807, 2.05) is 12.1 Å². The Balaban J connectivity index is 1.47. The highest BCUT2D eigenvalue weighted by Crippen LogP contribution is 2.32. The van der Waals surface area contributed by atoms with Crippen LogP contribution in [0.4, 0.5) is 9.18 Å². The van der Waals surface area contributed by atoms with Crippen molar-refractivity contribution in [1.29, 1.82) is 0 Å². The molecule has 22 heavy (non-hydrogen) atoms. The number of alkyl halides is 1. The van der Waals surface area contributed by atoms with Gasteiger partial charge in [-0.1, -0.05) is 37.6 Å². The Kier molecular flexibility index (Phi) is 4.65. The lowest BCUT2D eigenvalue weighted by Crippen LogP contribution is -2.45. The minimum absolute atomic E-state index is 0.120. The first-order valence-corrected chi connectivity index (χ1v) is 8.39. The van der Waals surface area contributed by atoms with Gasteiger partial charge in [0.15, 0.2) is 0 Å². The van der Waals surface area contributed by atoms with Crippen LogP contribution in [-0.4, -0.2) is 24.8 Å². The molecular formula is C18H25FN2O. The van der Waals surface area contributed by atoms with E-state index >= 15 is 0 Å². The van der Waals surface area contributed by atoms with Gasteiger partial charge in [-0.2, -0.15) is 0 Å². The number of carbonyl (C=O) groups is 1. The molecule has 2 aliphatic carbocycles. The number of benzene rings is 1. The predicted octanol–water partition coefficient (Wildman–Crippen LogP) is 3.54. The van der Waals surface area contributed by atoms with Gasteiger partial charge in [0, 0.05) is 18.5 Å². The van der Waals surface area contributed by atoms with Crippen molar-refractivity contribution in [3.8, 4) is 0 Å². The quantitative estimate of drug-likeness (QED) is 0.881. The third-order valence-corrected chi connectivity index (χ3v) is 5.18. The number of rotatable bonds is 3. The van der Waals surface area contributed by atoms with E-state index in [0.717, 1.165) is 19.3 Å². The average molecular weight is 304 g/mol. The van der Waals surface area contributed by atoms with Crippen molar-refractivity contribution in [1.82, 2.24) is 10.6 Å². The molecule has 1 aromatic rings. The van der Waals surface area contributed by atoms with Gasteiger partial charge in [0.25, 0.3) is 0 Å². The molecule has 1 aromatic carbocycles. The van der Waals surface area contributed by atoms with Gasteiger partial charge >= 0.3 is 6.03 Å². The Morgan fingerprint density at radius 1 is 1.32 bits per heavy atom. The molecule has 2 amide bonds. The Bertz CT molecular complexity index is 534. The first-order valence-electron chi connectivity index (χ1n) is 8.39. The molecule has 2 N–H and O–H groups in total. The predicted molar refractivity (Wildman–Crippen MR) is 85.7 cm³/mol. The summed E-state index contributed by atoms with van der Waals surface area (Å²) < 4.78 is 13.4. The molecule has 0 radical (unpaired) electrons. The number of hydrogen-bond acceptors (Lipinski definition) is 1. The summed E-state index contributed by atoms with van der Waals surface area (Å²) >= 11 is 0. The lowest BCUT2D eigenvalue weighted by Gasteiger charge is -2.25. The van der Waals surface area contributed by atoms with Crippen molar-refractivity contribution in [2.75, 3.05) is 6.54 Å². The van der Waals surface area contributed by atoms with E-state index < -0.39 is 6.17 Å². The van der Waals surface area contributed by atoms with Gasteiger partial charge in [-0.15, -0.1) is 0 Å². The van der Waals surface area contributed by atoms with Crippen molar-refractivity contribution in [3.63, 3.8) is 0 Å². The number of carbonyl (C=O) groups excluding carboxylic acids is 1. The zero-order chi connectivity index (χ0) is 15.5. The molecule has 0 heterocycles. The van der Waals surface area contributed by atoms with Gasteiger partial charge < -0.3 is 10.6 Å². The van der Waals surface area contributed by atoms with E-state index in [0.29, 0.717) is 25.3 Å². The summed E-state index contributed by atoms with van der Waals surface area (Å²) in [4.78, 5) is 12.1. The standard InChI is InChI=1S/C18H25FN2O/c1-12-16-8-3-2-6-14(16)10-17(12)21-18(22)20-11-13-5-4-7-15(19)9-13/h2-3,6,8,12-13,15,17H,4-5,7,9-11H2,1H3,(H2,20,21,22)/t12-,13?,15?,17+/m0/s1. The molecule has 0 aliphatic heterocycles. The maximum Gasteiger partial charge on any atom is 0.315 e. The zero-order valence-corrected chi connectivity index (χ0v) is 13.1. The van der Waals surface area contributed by atoms with Gasteiger partial charge in [0.05, 0.1) is 0 Å². The number of amides is 2. The normalized spacial score (nSPS) is 30.6. The molecule has 1 fully saturated rings. The van der Waals surface area contributed by atoms with E-state index in [1.165, 1.54) is 11.1 Å². The van der Waals surface area contributed by atoms with Crippen molar-refractivity contribution in [2.24, 2.45) is 5.92 Å². The molecule has 0 bridgehead atoms. The summed E-state index contributed by atoms with van der Waals surface area (Å²) in [6.45, 7) is 2.74. The molecule has 4 heteroatoms. The van der Waals surface area contributed by atoms with Gasteiger partial charge in [-0.25, -0.2) is 9.18 Å². The van der Waals surface area contributed by atoms with E-state index in [1.54, 1.807) is 0 Å². The van der Waals surface area contributed by atoms with Gasteiger partial charge in [-0.3, -0.25) is 0 Å². The van der Waals surface area contributed by atoms with Gasteiger partial charge in [0.2, 0.25) is 0 Å². The van der Waals surface area contributed by atoms with Crippen LogP contribution in [0.25, 0.3) is 0 Å². The molecule has 0 saturated heterocycles. The fourth-order valence-corrected chi connectivity index (χ4v) is 3.84. The highest BCUT2D eigenvalue weighted by molar-refractivity contribution is 5.74. The molecule has 1 saturated carbocycles. The van der Waals surface area contributed by atoms with Gasteiger partial charge in [0.1, 0.15) is 6.17 Å². The van der Waals surface area contributed by atoms with Crippen molar-refractivity contribution in [3.05, 3.63) is 35.4 Å². The van der Waals surface area contributed by atoms with Crippen molar-refractivity contribution in [2.45, 2.75) is 57.2 Å². The van der Waals surface area contributed by atoms with Crippen molar-refractivity contribution >= 4 is 6.03 Å². The van der Waals surface area contributed by atoms with Crippen LogP contribution in [0, 0.1) is 5.92 Å². The highest BCUT2D eigenvalue weighted by atomic mass is 19.1. The molecule has 2 aliphatic rings. The van der Waals surface area contributed by atoms with Crippen LogP contribution < -0.4 is 10.6 Å². The third-order valence-electron chi connectivity index (χ3n) is 5.18. The molecule has 4 atom stereocenters. The maximum absolute atomic E-state index is 13.4. The lowest BCUT2D eigenvalue weighted by atomic mass is 9.88. The number of halogens is 1. The summed E-state index contributed by atoms with van der Waals surface area (Å²) in [5.74, 6) is 0.625. The van der Waals surface area contributed by atoms with Crippen LogP contribution in [0.15, 0.2) is 24.3 Å². The topological polar surface area (TPSA) is 41.1 Å². The van der Waals surface area contributed by atoms with Gasteiger partial charge in [-0.05, 0) is 42.7 Å². The van der Waals surface area contributed by atoms with E-state index in [-0.39, 0.29) is 18.0 Å². The fourth-order valence-electron chi connectivity index (χ4n) is 3.84. The molecule has 120 valence electrons. The molecule has 3 rings (SSSR count). The lowest BCUT2D eigenvalue weighted by molar-refractivity contribution is 0.192. The fraction of sp³-hybridized carbons (Fsp3) is 0.611. The summed E-state index contributed by atoms with van der Waals surface area (Å²) in [6.07, 6.45) is 3.43. The molecule has 3 nitrogen and oxygen atoms in total.